The van der Waals surface area contributed by atoms with Crippen molar-refractivity contribution in [3.63, 3.8) is 0 Å². The van der Waals surface area contributed by atoms with E-state index >= 15 is 0 Å². The van der Waals surface area contributed by atoms with Gasteiger partial charge >= 0.3 is 6.03 Å². The summed E-state index contributed by atoms with van der Waals surface area (Å²) in [6, 6.07) is 7.49. The van der Waals surface area contributed by atoms with Gasteiger partial charge in [0, 0.05) is 7.05 Å². The van der Waals surface area contributed by atoms with E-state index in [4.69, 9.17) is 0 Å². The van der Waals surface area contributed by atoms with Gasteiger partial charge in [-0.05, 0) is 39.8 Å². The van der Waals surface area contributed by atoms with Gasteiger partial charge in [-0.1, -0.05) is 23.9 Å². The minimum atomic E-state index is -0.562. The highest BCUT2D eigenvalue weighted by Crippen LogP contribution is 2.17. The first kappa shape index (κ1) is 22.9. The van der Waals surface area contributed by atoms with E-state index < -0.39 is 11.9 Å². The van der Waals surface area contributed by atoms with Crippen molar-refractivity contribution in [2.24, 2.45) is 0 Å². The number of carbonyl (C=O) groups excluding carboxylic acids is 2. The van der Waals surface area contributed by atoms with E-state index in [1.54, 1.807) is 16.7 Å². The molecule has 3 amide bonds. The van der Waals surface area contributed by atoms with Gasteiger partial charge in [0.25, 0.3) is 5.56 Å². The molecule has 0 spiro atoms. The van der Waals surface area contributed by atoms with Crippen LogP contribution in [0.15, 0.2) is 34.2 Å². The molecule has 158 valence electrons. The summed E-state index contributed by atoms with van der Waals surface area (Å²) in [5, 5.41) is 5.60. The Morgan fingerprint density at radius 3 is 2.45 bits per heavy atom. The summed E-state index contributed by atoms with van der Waals surface area (Å²) in [6.07, 6.45) is 0. The zero-order valence-electron chi connectivity index (χ0n) is 17.6. The number of rotatable bonds is 8. The number of fused-ring (bicyclic) bond motifs is 1. The van der Waals surface area contributed by atoms with Gasteiger partial charge in [-0.25, -0.2) is 9.78 Å². The number of amides is 3. The lowest BCUT2D eigenvalue weighted by atomic mass is 10.2. The summed E-state index contributed by atoms with van der Waals surface area (Å²) < 4.78 is 1.64. The van der Waals surface area contributed by atoms with E-state index in [1.165, 1.54) is 11.9 Å². The number of thioether (sulfide) groups is 1. The molecule has 1 aromatic carbocycles. The largest absolute Gasteiger partial charge is 0.341 e. The van der Waals surface area contributed by atoms with Crippen LogP contribution in [0.4, 0.5) is 4.79 Å². The minimum absolute atomic E-state index is 0.0108. The highest BCUT2D eigenvalue weighted by molar-refractivity contribution is 7.99. The van der Waals surface area contributed by atoms with E-state index in [0.717, 1.165) is 18.3 Å². The maximum atomic E-state index is 13.1. The summed E-state index contributed by atoms with van der Waals surface area (Å²) in [6.45, 7) is 9.92. The SMILES string of the molecule is CNC(=O)NC(=O)CSc1nc2ccccc2c(=O)n1CC[NH+](C(C)C)C(C)C. The summed E-state index contributed by atoms with van der Waals surface area (Å²) in [5.74, 6) is -0.455. The van der Waals surface area contributed by atoms with Crippen LogP contribution in [0, 0.1) is 0 Å². The number of carbonyl (C=O) groups is 2. The van der Waals surface area contributed by atoms with Gasteiger partial charge in [-0.3, -0.25) is 19.5 Å². The van der Waals surface area contributed by atoms with E-state index in [0.29, 0.717) is 34.7 Å². The molecule has 0 unspecified atom stereocenters. The molecule has 0 radical (unpaired) electrons. The Hall–Kier alpha value is -2.39. The van der Waals surface area contributed by atoms with Crippen LogP contribution >= 0.6 is 11.8 Å². The van der Waals surface area contributed by atoms with Crippen molar-refractivity contribution >= 4 is 34.6 Å². The second-order valence-electron chi connectivity index (χ2n) is 7.42. The Morgan fingerprint density at radius 1 is 1.17 bits per heavy atom. The summed E-state index contributed by atoms with van der Waals surface area (Å²) >= 11 is 1.16. The van der Waals surface area contributed by atoms with Gasteiger partial charge in [0.15, 0.2) is 5.16 Å². The van der Waals surface area contributed by atoms with Gasteiger partial charge in [0.1, 0.15) is 0 Å². The molecular formula is C20H30N5O3S+. The third kappa shape index (κ3) is 6.04. The van der Waals surface area contributed by atoms with Gasteiger partial charge in [0.2, 0.25) is 5.91 Å². The quantitative estimate of drug-likeness (QED) is 0.430. The Bertz CT molecular complexity index is 918. The molecule has 0 aliphatic rings. The van der Waals surface area contributed by atoms with E-state index in [1.807, 2.05) is 12.1 Å². The van der Waals surface area contributed by atoms with Crippen LogP contribution in [0.25, 0.3) is 10.9 Å². The number of imide groups is 1. The number of aromatic nitrogens is 2. The fraction of sp³-hybridized carbons (Fsp3) is 0.500. The molecule has 0 bridgehead atoms. The molecule has 8 nitrogen and oxygen atoms in total. The zero-order valence-corrected chi connectivity index (χ0v) is 18.4. The lowest BCUT2D eigenvalue weighted by molar-refractivity contribution is -0.942. The van der Waals surface area contributed by atoms with Gasteiger partial charge in [-0.2, -0.15) is 0 Å². The Morgan fingerprint density at radius 2 is 1.83 bits per heavy atom. The molecule has 29 heavy (non-hydrogen) atoms. The first-order valence-corrected chi connectivity index (χ1v) is 10.7. The molecule has 1 aromatic heterocycles. The second-order valence-corrected chi connectivity index (χ2v) is 8.36. The zero-order chi connectivity index (χ0) is 21.6. The number of nitrogens with one attached hydrogen (secondary N) is 3. The third-order valence-corrected chi connectivity index (χ3v) is 5.72. The maximum absolute atomic E-state index is 13.1. The highest BCUT2D eigenvalue weighted by atomic mass is 32.2. The third-order valence-electron chi connectivity index (χ3n) is 4.75. The van der Waals surface area contributed by atoms with Crippen LogP contribution in [0.3, 0.4) is 0 Å². The van der Waals surface area contributed by atoms with Crippen molar-refractivity contribution < 1.29 is 14.5 Å². The van der Waals surface area contributed by atoms with Crippen molar-refractivity contribution in [1.82, 2.24) is 20.2 Å². The average molecular weight is 421 g/mol. The molecule has 0 saturated carbocycles. The lowest BCUT2D eigenvalue weighted by Crippen LogP contribution is -3.18. The number of para-hydroxylation sites is 1. The molecule has 2 aromatic rings. The number of quaternary nitrogens is 1. The van der Waals surface area contributed by atoms with Crippen LogP contribution < -0.4 is 21.1 Å². The first-order valence-electron chi connectivity index (χ1n) is 9.74. The van der Waals surface area contributed by atoms with Gasteiger partial charge in [0.05, 0.1) is 41.8 Å². The van der Waals surface area contributed by atoms with Gasteiger partial charge < -0.3 is 10.2 Å². The fourth-order valence-corrected chi connectivity index (χ4v) is 4.12. The molecule has 0 aliphatic heterocycles. The molecule has 1 heterocycles. The normalized spacial score (nSPS) is 11.4. The molecular weight excluding hydrogens is 390 g/mol. The van der Waals surface area contributed by atoms with Crippen molar-refractivity contribution in [1.29, 1.82) is 0 Å². The Balaban J connectivity index is 2.31. The van der Waals surface area contributed by atoms with Crippen molar-refractivity contribution in [2.45, 2.75) is 51.5 Å². The minimum Gasteiger partial charge on any atom is -0.341 e. The Labute approximate surface area is 175 Å². The van der Waals surface area contributed by atoms with Gasteiger partial charge in [-0.15, -0.1) is 0 Å². The van der Waals surface area contributed by atoms with E-state index in [-0.39, 0.29) is 11.3 Å². The number of benzene rings is 1. The molecule has 3 N–H and O–H groups in total. The number of hydrogen-bond acceptors (Lipinski definition) is 5. The number of nitrogens with zero attached hydrogens (tertiary/aromatic N) is 2. The summed E-state index contributed by atoms with van der Waals surface area (Å²) in [7, 11) is 1.44. The van der Waals surface area contributed by atoms with Crippen LogP contribution in [-0.2, 0) is 11.3 Å². The summed E-state index contributed by atoms with van der Waals surface area (Å²) in [4.78, 5) is 42.4. The first-order chi connectivity index (χ1) is 13.7. The van der Waals surface area contributed by atoms with E-state index in [9.17, 15) is 14.4 Å². The standard InChI is InChI=1S/C20H29N5O3S/c1-13(2)24(14(3)4)10-11-25-18(27)15-8-6-7-9-16(15)22-20(25)29-12-17(26)23-19(28)21-5/h6-9,13-14H,10-12H2,1-5H3,(H2,21,23,26,28)/p+1. The fourth-order valence-electron chi connectivity index (χ4n) is 3.30. The van der Waals surface area contributed by atoms with Crippen LogP contribution in [0.1, 0.15) is 27.7 Å². The number of urea groups is 1. The predicted octanol–water partition coefficient (Wildman–Crippen LogP) is 0.646. The number of hydrogen-bond donors (Lipinski definition) is 3. The van der Waals surface area contributed by atoms with Crippen LogP contribution in [0.5, 0.6) is 0 Å². The molecule has 9 heteroatoms. The van der Waals surface area contributed by atoms with Crippen molar-refractivity contribution in [3.8, 4) is 0 Å². The summed E-state index contributed by atoms with van der Waals surface area (Å²) in [5.41, 5.74) is 0.483. The van der Waals surface area contributed by atoms with Crippen LogP contribution in [0.2, 0.25) is 0 Å². The molecule has 0 fully saturated rings. The topological polar surface area (TPSA) is 97.5 Å². The highest BCUT2D eigenvalue weighted by Gasteiger charge is 2.20. The second kappa shape index (κ2) is 10.4. The van der Waals surface area contributed by atoms with Crippen LogP contribution in [-0.4, -0.2) is 52.9 Å². The Kier molecular flexibility index (Phi) is 8.21. The lowest BCUT2D eigenvalue weighted by Gasteiger charge is -2.28. The molecule has 0 atom stereocenters. The van der Waals surface area contributed by atoms with Crippen molar-refractivity contribution in [2.75, 3.05) is 19.3 Å². The molecule has 2 rings (SSSR count). The van der Waals surface area contributed by atoms with Crippen molar-refractivity contribution in [3.05, 3.63) is 34.6 Å². The average Bonchev–Trinajstić information content (AvgIpc) is 2.67. The molecule has 0 saturated heterocycles. The molecule has 0 aliphatic carbocycles. The predicted molar refractivity (Wildman–Crippen MR) is 115 cm³/mol. The van der Waals surface area contributed by atoms with E-state index in [2.05, 4.69) is 43.3 Å². The monoisotopic (exact) mass is 420 g/mol. The maximum Gasteiger partial charge on any atom is 0.321 e. The smallest absolute Gasteiger partial charge is 0.321 e.